The molecule has 0 saturated heterocycles. The van der Waals surface area contributed by atoms with Crippen molar-refractivity contribution < 1.29 is 4.74 Å². The molecule has 5 rings (SSSR count). The van der Waals surface area contributed by atoms with Crippen LogP contribution in [0, 0.1) is 0 Å². The molecular weight excluding hydrogens is 390 g/mol. The minimum atomic E-state index is 0.663. The van der Waals surface area contributed by atoms with Gasteiger partial charge in [-0.1, -0.05) is 30.3 Å². The van der Waals surface area contributed by atoms with E-state index in [-0.39, 0.29) is 0 Å². The Hall–Kier alpha value is -3.23. The lowest BCUT2D eigenvalue weighted by molar-refractivity contribution is 0.482. The lowest BCUT2D eigenvalue weighted by atomic mass is 10.3. The lowest BCUT2D eigenvalue weighted by Crippen LogP contribution is -1.98. The predicted molar refractivity (Wildman–Crippen MR) is 109 cm³/mol. The number of ether oxygens (including phenoxy) is 1. The van der Waals surface area contributed by atoms with Crippen molar-refractivity contribution in [1.29, 1.82) is 0 Å². The highest BCUT2D eigenvalue weighted by atomic mass is 32.2. The third kappa shape index (κ3) is 3.47. The van der Waals surface area contributed by atoms with Crippen molar-refractivity contribution in [2.75, 3.05) is 0 Å². The number of thiazole rings is 1. The van der Waals surface area contributed by atoms with E-state index in [1.165, 1.54) is 11.8 Å². The fraction of sp³-hybridized carbons (Fsp3) is 0. The quantitative estimate of drug-likeness (QED) is 0.401. The summed E-state index contributed by atoms with van der Waals surface area (Å²) in [4.78, 5) is 4.64. The fourth-order valence-corrected chi connectivity index (χ4v) is 4.62. The summed E-state index contributed by atoms with van der Waals surface area (Å²) >= 11 is 3.08. The highest BCUT2D eigenvalue weighted by molar-refractivity contribution is 8.01. The van der Waals surface area contributed by atoms with Gasteiger partial charge in [0.15, 0.2) is 4.34 Å². The van der Waals surface area contributed by atoms with Crippen LogP contribution in [-0.4, -0.2) is 25.2 Å². The van der Waals surface area contributed by atoms with Crippen LogP contribution < -0.4 is 4.74 Å². The van der Waals surface area contributed by atoms with E-state index in [9.17, 15) is 0 Å². The number of benzene rings is 3. The molecule has 8 heteroatoms. The molecule has 0 bridgehead atoms. The van der Waals surface area contributed by atoms with Gasteiger partial charge in [-0.25, -0.2) is 4.98 Å². The molecule has 0 aliphatic heterocycles. The molecule has 3 aromatic carbocycles. The van der Waals surface area contributed by atoms with Gasteiger partial charge in [-0.3, -0.25) is 0 Å². The van der Waals surface area contributed by atoms with Gasteiger partial charge in [-0.15, -0.1) is 16.4 Å². The van der Waals surface area contributed by atoms with Crippen LogP contribution in [0.25, 0.3) is 15.9 Å². The van der Waals surface area contributed by atoms with Crippen molar-refractivity contribution >= 4 is 33.3 Å². The van der Waals surface area contributed by atoms with E-state index in [1.54, 1.807) is 16.0 Å². The molecule has 136 valence electrons. The standard InChI is InChI=1S/C20H13N5OS2/c1-2-6-15(7-3-1)26-16-12-10-14(11-13-16)25-19(22-23-24-25)28-20-21-17-8-4-5-9-18(17)27-20/h1-13H. The zero-order valence-electron chi connectivity index (χ0n) is 14.5. The zero-order valence-corrected chi connectivity index (χ0v) is 16.1. The van der Waals surface area contributed by atoms with Gasteiger partial charge in [-0.05, 0) is 70.7 Å². The van der Waals surface area contributed by atoms with E-state index < -0.39 is 0 Å². The van der Waals surface area contributed by atoms with E-state index in [0.717, 1.165) is 31.7 Å². The Labute approximate surface area is 168 Å². The monoisotopic (exact) mass is 403 g/mol. The summed E-state index contributed by atoms with van der Waals surface area (Å²) in [6, 6.07) is 25.4. The number of hydrogen-bond acceptors (Lipinski definition) is 7. The van der Waals surface area contributed by atoms with Crippen LogP contribution in [0.1, 0.15) is 0 Å². The van der Waals surface area contributed by atoms with Crippen molar-refractivity contribution in [3.8, 4) is 17.2 Å². The molecule has 5 aromatic rings. The van der Waals surface area contributed by atoms with E-state index in [4.69, 9.17) is 4.74 Å². The number of tetrazole rings is 1. The maximum absolute atomic E-state index is 5.84. The number of aromatic nitrogens is 5. The Morgan fingerprint density at radius 3 is 2.39 bits per heavy atom. The number of hydrogen-bond donors (Lipinski definition) is 0. The second kappa shape index (κ2) is 7.41. The lowest BCUT2D eigenvalue weighted by Gasteiger charge is -2.07. The first-order valence-electron chi connectivity index (χ1n) is 8.50. The first-order chi connectivity index (χ1) is 13.8. The molecule has 0 aliphatic carbocycles. The second-order valence-electron chi connectivity index (χ2n) is 5.83. The molecule has 0 fully saturated rings. The Morgan fingerprint density at radius 2 is 1.57 bits per heavy atom. The van der Waals surface area contributed by atoms with Gasteiger partial charge in [0, 0.05) is 0 Å². The first kappa shape index (κ1) is 16.9. The average Bonchev–Trinajstić information content (AvgIpc) is 3.36. The number of para-hydroxylation sites is 2. The predicted octanol–water partition coefficient (Wildman–Crippen LogP) is 5.22. The zero-order chi connectivity index (χ0) is 18.8. The van der Waals surface area contributed by atoms with E-state index >= 15 is 0 Å². The molecule has 0 atom stereocenters. The van der Waals surface area contributed by atoms with Crippen molar-refractivity contribution in [3.63, 3.8) is 0 Å². The van der Waals surface area contributed by atoms with Gasteiger partial charge in [0.2, 0.25) is 5.16 Å². The SMILES string of the molecule is c1ccc(Oc2ccc(-n3nnnc3Sc3nc4ccccc4s3)cc2)cc1. The fourth-order valence-electron chi connectivity index (χ4n) is 2.66. The first-order valence-corrected chi connectivity index (χ1v) is 10.1. The van der Waals surface area contributed by atoms with Crippen molar-refractivity contribution in [3.05, 3.63) is 78.9 Å². The molecule has 2 heterocycles. The molecule has 0 saturated carbocycles. The molecule has 0 spiro atoms. The summed E-state index contributed by atoms with van der Waals surface area (Å²) in [5, 5.41) is 12.8. The third-order valence-electron chi connectivity index (χ3n) is 3.95. The summed E-state index contributed by atoms with van der Waals surface area (Å²) < 4.78 is 9.58. The Balaban J connectivity index is 1.38. The van der Waals surface area contributed by atoms with E-state index in [0.29, 0.717) is 5.16 Å². The van der Waals surface area contributed by atoms with Crippen LogP contribution in [0.3, 0.4) is 0 Å². The smallest absolute Gasteiger partial charge is 0.221 e. The van der Waals surface area contributed by atoms with Crippen molar-refractivity contribution in [1.82, 2.24) is 25.2 Å². The molecular formula is C20H13N5OS2. The van der Waals surface area contributed by atoms with Crippen LogP contribution in [-0.2, 0) is 0 Å². The number of rotatable bonds is 5. The van der Waals surface area contributed by atoms with Gasteiger partial charge < -0.3 is 4.74 Å². The molecule has 0 aliphatic rings. The maximum atomic E-state index is 5.84. The summed E-state index contributed by atoms with van der Waals surface area (Å²) in [6.07, 6.45) is 0. The number of fused-ring (bicyclic) bond motifs is 1. The van der Waals surface area contributed by atoms with Gasteiger partial charge >= 0.3 is 0 Å². The van der Waals surface area contributed by atoms with E-state index in [2.05, 4.69) is 26.6 Å². The average molecular weight is 403 g/mol. The van der Waals surface area contributed by atoms with Crippen molar-refractivity contribution in [2.24, 2.45) is 0 Å². The minimum absolute atomic E-state index is 0.663. The third-order valence-corrected chi connectivity index (χ3v) is 5.99. The highest BCUT2D eigenvalue weighted by Crippen LogP contribution is 2.34. The van der Waals surface area contributed by atoms with Gasteiger partial charge in [0.05, 0.1) is 15.9 Å². The van der Waals surface area contributed by atoms with Crippen LogP contribution in [0.4, 0.5) is 0 Å². The Kier molecular flexibility index (Phi) is 4.48. The highest BCUT2D eigenvalue weighted by Gasteiger charge is 2.13. The van der Waals surface area contributed by atoms with Crippen LogP contribution in [0.5, 0.6) is 11.5 Å². The van der Waals surface area contributed by atoms with Crippen molar-refractivity contribution in [2.45, 2.75) is 9.50 Å². The summed E-state index contributed by atoms with van der Waals surface area (Å²) in [5.41, 5.74) is 1.84. The Bertz CT molecular complexity index is 1190. The second-order valence-corrected chi connectivity index (χ2v) is 8.08. The van der Waals surface area contributed by atoms with Gasteiger partial charge in [0.1, 0.15) is 11.5 Å². The molecule has 0 N–H and O–H groups in total. The molecule has 0 radical (unpaired) electrons. The maximum Gasteiger partial charge on any atom is 0.221 e. The molecule has 6 nitrogen and oxygen atoms in total. The summed E-state index contributed by atoms with van der Waals surface area (Å²) in [5.74, 6) is 1.55. The molecule has 0 amide bonds. The summed E-state index contributed by atoms with van der Waals surface area (Å²) in [7, 11) is 0. The Morgan fingerprint density at radius 1 is 0.821 bits per heavy atom. The molecule has 28 heavy (non-hydrogen) atoms. The van der Waals surface area contributed by atoms with Gasteiger partial charge in [0.25, 0.3) is 0 Å². The van der Waals surface area contributed by atoms with Crippen LogP contribution >= 0.6 is 23.1 Å². The molecule has 2 aromatic heterocycles. The minimum Gasteiger partial charge on any atom is -0.457 e. The van der Waals surface area contributed by atoms with Crippen LogP contribution in [0.2, 0.25) is 0 Å². The van der Waals surface area contributed by atoms with Crippen LogP contribution in [0.15, 0.2) is 88.4 Å². The molecule has 0 unspecified atom stereocenters. The van der Waals surface area contributed by atoms with E-state index in [1.807, 2.05) is 72.8 Å². The number of nitrogens with zero attached hydrogens (tertiary/aromatic N) is 5. The van der Waals surface area contributed by atoms with Gasteiger partial charge in [-0.2, -0.15) is 4.68 Å². The normalized spacial score (nSPS) is 11.0. The topological polar surface area (TPSA) is 65.7 Å². The largest absolute Gasteiger partial charge is 0.457 e. The summed E-state index contributed by atoms with van der Waals surface area (Å²) in [6.45, 7) is 0.